The van der Waals surface area contributed by atoms with Crippen LogP contribution in [0.1, 0.15) is 39.2 Å². The summed E-state index contributed by atoms with van der Waals surface area (Å²) >= 11 is 0. The smallest absolute Gasteiger partial charge is 0.115 e. The SMILES string of the molecule is CC[C@H](CO)NCCC(NCc1ccccc1)N1NCC(C(C)C)=C1N. The van der Waals surface area contributed by atoms with Crippen molar-refractivity contribution in [2.45, 2.75) is 52.4 Å². The molecule has 0 saturated heterocycles. The van der Waals surface area contributed by atoms with Crippen molar-refractivity contribution in [3.8, 4) is 0 Å². The molecule has 1 aromatic rings. The first-order valence-electron chi connectivity index (χ1n) is 9.69. The lowest BCUT2D eigenvalue weighted by Crippen LogP contribution is -2.52. The number of benzene rings is 1. The highest BCUT2D eigenvalue weighted by atomic mass is 16.3. The Balaban J connectivity index is 2.01. The Morgan fingerprint density at radius 2 is 1.96 bits per heavy atom. The average Bonchev–Trinajstić information content (AvgIpc) is 3.04. The van der Waals surface area contributed by atoms with Crippen LogP contribution < -0.4 is 21.8 Å². The monoisotopic (exact) mass is 361 g/mol. The minimum absolute atomic E-state index is 0.0788. The number of hydrazine groups is 1. The van der Waals surface area contributed by atoms with Crippen LogP contribution in [0.3, 0.4) is 0 Å². The van der Waals surface area contributed by atoms with Gasteiger partial charge in [0.2, 0.25) is 0 Å². The predicted molar refractivity (Wildman–Crippen MR) is 107 cm³/mol. The second-order valence-corrected chi connectivity index (χ2v) is 7.18. The Morgan fingerprint density at radius 1 is 1.23 bits per heavy atom. The molecule has 0 radical (unpaired) electrons. The molecular formula is C20H35N5O. The number of hydrogen-bond donors (Lipinski definition) is 5. The highest BCUT2D eigenvalue weighted by Gasteiger charge is 2.27. The quantitative estimate of drug-likeness (QED) is 0.411. The van der Waals surface area contributed by atoms with E-state index in [2.05, 4.69) is 66.1 Å². The van der Waals surface area contributed by atoms with E-state index >= 15 is 0 Å². The summed E-state index contributed by atoms with van der Waals surface area (Å²) in [5, 5.41) is 18.5. The van der Waals surface area contributed by atoms with Gasteiger partial charge in [-0.2, -0.15) is 0 Å². The standard InChI is InChI=1S/C20H35N5O/c1-4-17(14-26)22-11-10-19(23-12-16-8-6-5-7-9-16)25-20(21)18(13-24-25)15(2)3/h5-9,15,17,19,22-24,26H,4,10-14,21H2,1-3H3/t17-,19?/m1/s1. The molecular weight excluding hydrogens is 326 g/mol. The van der Waals surface area contributed by atoms with E-state index in [0.717, 1.165) is 38.3 Å². The van der Waals surface area contributed by atoms with Gasteiger partial charge < -0.3 is 16.2 Å². The van der Waals surface area contributed by atoms with Gasteiger partial charge in [-0.05, 0) is 36.4 Å². The molecule has 0 bridgehead atoms. The molecule has 146 valence electrons. The Labute approximate surface area is 157 Å². The minimum atomic E-state index is 0.0788. The summed E-state index contributed by atoms with van der Waals surface area (Å²) in [4.78, 5) is 0. The van der Waals surface area contributed by atoms with Gasteiger partial charge in [-0.1, -0.05) is 51.1 Å². The molecule has 6 heteroatoms. The fraction of sp³-hybridized carbons (Fsp3) is 0.600. The summed E-state index contributed by atoms with van der Waals surface area (Å²) in [6, 6.07) is 10.5. The van der Waals surface area contributed by atoms with Crippen LogP contribution in [0.4, 0.5) is 0 Å². The van der Waals surface area contributed by atoms with Gasteiger partial charge in [0.05, 0.1) is 12.8 Å². The van der Waals surface area contributed by atoms with Crippen LogP contribution in [-0.4, -0.2) is 42.0 Å². The van der Waals surface area contributed by atoms with E-state index in [0.29, 0.717) is 5.92 Å². The van der Waals surface area contributed by atoms with E-state index in [9.17, 15) is 5.11 Å². The van der Waals surface area contributed by atoms with Gasteiger partial charge in [-0.25, -0.2) is 5.43 Å². The third-order valence-electron chi connectivity index (χ3n) is 4.99. The van der Waals surface area contributed by atoms with Crippen molar-refractivity contribution < 1.29 is 5.11 Å². The zero-order valence-electron chi connectivity index (χ0n) is 16.3. The van der Waals surface area contributed by atoms with Crippen molar-refractivity contribution in [3.05, 3.63) is 47.3 Å². The lowest BCUT2D eigenvalue weighted by molar-refractivity contribution is 0.151. The second-order valence-electron chi connectivity index (χ2n) is 7.18. The number of nitrogens with one attached hydrogen (secondary N) is 3. The molecule has 6 nitrogen and oxygen atoms in total. The predicted octanol–water partition coefficient (Wildman–Crippen LogP) is 1.50. The topological polar surface area (TPSA) is 85.6 Å². The minimum Gasteiger partial charge on any atom is -0.395 e. The van der Waals surface area contributed by atoms with Crippen molar-refractivity contribution in [2.75, 3.05) is 19.7 Å². The number of aliphatic hydroxyl groups is 1. The first-order chi connectivity index (χ1) is 12.6. The molecule has 2 atom stereocenters. The molecule has 1 aliphatic heterocycles. The van der Waals surface area contributed by atoms with E-state index in [1.165, 1.54) is 11.1 Å². The average molecular weight is 362 g/mol. The van der Waals surface area contributed by atoms with Gasteiger partial charge in [0.15, 0.2) is 0 Å². The summed E-state index contributed by atoms with van der Waals surface area (Å²) in [7, 11) is 0. The number of nitrogens with two attached hydrogens (primary N) is 1. The maximum Gasteiger partial charge on any atom is 0.115 e. The maximum absolute atomic E-state index is 9.36. The van der Waals surface area contributed by atoms with Crippen LogP contribution in [0, 0.1) is 5.92 Å². The van der Waals surface area contributed by atoms with Crippen LogP contribution >= 0.6 is 0 Å². The van der Waals surface area contributed by atoms with E-state index < -0.39 is 0 Å². The van der Waals surface area contributed by atoms with Crippen LogP contribution in [0.2, 0.25) is 0 Å². The van der Waals surface area contributed by atoms with Gasteiger partial charge >= 0.3 is 0 Å². The van der Waals surface area contributed by atoms with Gasteiger partial charge in [0, 0.05) is 19.1 Å². The molecule has 26 heavy (non-hydrogen) atoms. The molecule has 0 amide bonds. The maximum atomic E-state index is 9.36. The largest absolute Gasteiger partial charge is 0.395 e. The van der Waals surface area contributed by atoms with E-state index in [-0.39, 0.29) is 18.8 Å². The third kappa shape index (κ3) is 5.71. The Morgan fingerprint density at radius 3 is 2.54 bits per heavy atom. The van der Waals surface area contributed by atoms with Crippen molar-refractivity contribution >= 4 is 0 Å². The van der Waals surface area contributed by atoms with Crippen molar-refractivity contribution in [1.29, 1.82) is 0 Å². The number of hydrogen-bond acceptors (Lipinski definition) is 6. The lowest BCUT2D eigenvalue weighted by atomic mass is 10.0. The molecule has 2 rings (SSSR count). The molecule has 1 aromatic carbocycles. The van der Waals surface area contributed by atoms with Crippen molar-refractivity contribution in [1.82, 2.24) is 21.1 Å². The third-order valence-corrected chi connectivity index (χ3v) is 4.99. The highest BCUT2D eigenvalue weighted by molar-refractivity contribution is 5.19. The molecule has 0 saturated carbocycles. The molecule has 0 aromatic heterocycles. The molecule has 0 aliphatic carbocycles. The second kappa shape index (κ2) is 10.5. The van der Waals surface area contributed by atoms with Crippen molar-refractivity contribution in [3.63, 3.8) is 0 Å². The molecule has 1 aliphatic rings. The summed E-state index contributed by atoms with van der Waals surface area (Å²) in [6.45, 7) is 8.99. The Kier molecular flexibility index (Phi) is 8.38. The van der Waals surface area contributed by atoms with Crippen LogP contribution in [0.25, 0.3) is 0 Å². The van der Waals surface area contributed by atoms with Crippen molar-refractivity contribution in [2.24, 2.45) is 11.7 Å². The number of nitrogens with zero attached hydrogens (tertiary/aromatic N) is 1. The van der Waals surface area contributed by atoms with E-state index in [4.69, 9.17) is 5.73 Å². The van der Waals surface area contributed by atoms with Gasteiger partial charge in [-0.3, -0.25) is 10.3 Å². The number of rotatable bonds is 11. The first kappa shape index (κ1) is 20.7. The summed E-state index contributed by atoms with van der Waals surface area (Å²) < 4.78 is 0. The van der Waals surface area contributed by atoms with Crippen LogP contribution in [-0.2, 0) is 6.54 Å². The fourth-order valence-corrected chi connectivity index (χ4v) is 3.19. The fourth-order valence-electron chi connectivity index (χ4n) is 3.19. The van der Waals surface area contributed by atoms with Gasteiger partial charge in [0.25, 0.3) is 0 Å². The Hall–Kier alpha value is -1.60. The van der Waals surface area contributed by atoms with E-state index in [1.54, 1.807) is 0 Å². The zero-order chi connectivity index (χ0) is 18.9. The first-order valence-corrected chi connectivity index (χ1v) is 9.69. The van der Waals surface area contributed by atoms with Crippen LogP contribution in [0.5, 0.6) is 0 Å². The summed E-state index contributed by atoms with van der Waals surface area (Å²) in [5.41, 5.74) is 12.4. The summed E-state index contributed by atoms with van der Waals surface area (Å²) in [6.07, 6.45) is 1.87. The van der Waals surface area contributed by atoms with Crippen LogP contribution in [0.15, 0.2) is 41.7 Å². The lowest BCUT2D eigenvalue weighted by Gasteiger charge is -2.32. The summed E-state index contributed by atoms with van der Waals surface area (Å²) in [5.74, 6) is 1.26. The molecule has 0 fully saturated rings. The molecule has 1 unspecified atom stereocenters. The Bertz CT molecular complexity index is 557. The number of aliphatic hydroxyl groups excluding tert-OH is 1. The molecule has 1 heterocycles. The zero-order valence-corrected chi connectivity index (χ0v) is 16.3. The molecule has 0 spiro atoms. The van der Waals surface area contributed by atoms with Gasteiger partial charge in [-0.15, -0.1) is 0 Å². The molecule has 6 N–H and O–H groups in total. The van der Waals surface area contributed by atoms with E-state index in [1.807, 2.05) is 6.07 Å². The normalized spacial score (nSPS) is 17.2. The van der Waals surface area contributed by atoms with Gasteiger partial charge in [0.1, 0.15) is 5.82 Å². The highest BCUT2D eigenvalue weighted by Crippen LogP contribution is 2.20.